The lowest BCUT2D eigenvalue weighted by Gasteiger charge is -2.23. The van der Waals surface area contributed by atoms with Crippen LogP contribution in [0.3, 0.4) is 0 Å². The van der Waals surface area contributed by atoms with Crippen LogP contribution in [0.25, 0.3) is 6.08 Å². The van der Waals surface area contributed by atoms with E-state index >= 15 is 0 Å². The molecule has 0 saturated carbocycles. The molecule has 31 heavy (non-hydrogen) atoms. The number of thiophene rings is 1. The molecule has 0 radical (unpaired) electrons. The van der Waals surface area contributed by atoms with Gasteiger partial charge in [0.05, 0.1) is 12.2 Å². The summed E-state index contributed by atoms with van der Waals surface area (Å²) < 4.78 is 5.53. The molecule has 1 N–H and O–H groups in total. The van der Waals surface area contributed by atoms with Crippen molar-refractivity contribution in [1.29, 1.82) is 5.26 Å². The number of pyridine rings is 1. The third kappa shape index (κ3) is 5.12. The second-order valence-electron chi connectivity index (χ2n) is 7.81. The number of hydrogen-bond donors (Lipinski definition) is 1. The topological polar surface area (TPSA) is 95.3 Å². The van der Waals surface area contributed by atoms with Crippen LogP contribution in [0.4, 0.5) is 9.80 Å². The fourth-order valence-electron chi connectivity index (χ4n) is 3.98. The Morgan fingerprint density at radius 1 is 1.39 bits per heavy atom. The minimum absolute atomic E-state index is 0.222. The van der Waals surface area contributed by atoms with Crippen molar-refractivity contribution in [1.82, 2.24) is 9.88 Å². The summed E-state index contributed by atoms with van der Waals surface area (Å²) >= 11 is 1.45. The summed E-state index contributed by atoms with van der Waals surface area (Å²) in [5.41, 5.74) is 2.40. The second kappa shape index (κ2) is 9.75. The molecule has 1 fully saturated rings. The first kappa shape index (κ1) is 21.1. The van der Waals surface area contributed by atoms with Gasteiger partial charge in [0.1, 0.15) is 11.1 Å². The van der Waals surface area contributed by atoms with Crippen LogP contribution in [-0.2, 0) is 22.4 Å². The predicted octanol–water partition coefficient (Wildman–Crippen LogP) is 4.00. The van der Waals surface area contributed by atoms with Crippen LogP contribution in [0, 0.1) is 17.2 Å². The number of carbonyl (C=O) groups excluding carboxylic acids is 2. The maximum atomic E-state index is 12.4. The van der Waals surface area contributed by atoms with Crippen LogP contribution in [0.5, 0.6) is 0 Å². The molecular weight excluding hydrogens is 412 g/mol. The molecule has 2 aliphatic rings. The molecule has 0 spiro atoms. The number of carbonyl (C=O) groups is 2. The molecule has 2 aromatic rings. The molecule has 0 bridgehead atoms. The monoisotopic (exact) mass is 436 g/mol. The third-order valence-electron chi connectivity index (χ3n) is 5.63. The zero-order valence-corrected chi connectivity index (χ0v) is 18.0. The van der Waals surface area contributed by atoms with Gasteiger partial charge in [-0.25, -0.2) is 4.79 Å². The Balaban J connectivity index is 1.37. The highest BCUT2D eigenvalue weighted by Crippen LogP contribution is 2.39. The molecule has 160 valence electrons. The Morgan fingerprint density at radius 2 is 2.23 bits per heavy atom. The Hall–Kier alpha value is -3.18. The SMILES string of the molecule is N#Cc1c(NC(=O)/C=C/c2cccnc2)sc2c1CC[C@H](COC(=O)N1CCCC1)C2. The van der Waals surface area contributed by atoms with Gasteiger partial charge in [-0.15, -0.1) is 11.3 Å². The van der Waals surface area contributed by atoms with E-state index in [0.717, 1.165) is 61.2 Å². The molecule has 0 aromatic carbocycles. The summed E-state index contributed by atoms with van der Waals surface area (Å²) in [6.07, 6.45) is 10.7. The highest BCUT2D eigenvalue weighted by atomic mass is 32.1. The Kier molecular flexibility index (Phi) is 6.63. The van der Waals surface area contributed by atoms with Crippen LogP contribution in [0.1, 0.15) is 40.8 Å². The smallest absolute Gasteiger partial charge is 0.409 e. The van der Waals surface area contributed by atoms with E-state index in [2.05, 4.69) is 16.4 Å². The number of amides is 2. The van der Waals surface area contributed by atoms with Gasteiger partial charge in [-0.05, 0) is 61.3 Å². The van der Waals surface area contributed by atoms with Crippen molar-refractivity contribution in [2.45, 2.75) is 32.1 Å². The normalized spacial score (nSPS) is 17.9. The molecule has 2 aromatic heterocycles. The van der Waals surface area contributed by atoms with Gasteiger partial charge in [-0.3, -0.25) is 9.78 Å². The Morgan fingerprint density at radius 3 is 2.97 bits per heavy atom. The number of rotatable bonds is 5. The molecule has 7 nitrogen and oxygen atoms in total. The quantitative estimate of drug-likeness (QED) is 0.715. The number of likely N-dealkylation sites (tertiary alicyclic amines) is 1. The van der Waals surface area contributed by atoms with Gasteiger partial charge < -0.3 is 15.0 Å². The van der Waals surface area contributed by atoms with Crippen LogP contribution < -0.4 is 5.32 Å². The van der Waals surface area contributed by atoms with Gasteiger partial charge in [0.15, 0.2) is 0 Å². The number of anilines is 1. The van der Waals surface area contributed by atoms with Crippen molar-refractivity contribution in [3.05, 3.63) is 52.2 Å². The summed E-state index contributed by atoms with van der Waals surface area (Å²) in [6.45, 7) is 1.95. The van der Waals surface area contributed by atoms with Crippen molar-refractivity contribution < 1.29 is 14.3 Å². The van der Waals surface area contributed by atoms with Crippen LogP contribution in [0.15, 0.2) is 30.6 Å². The van der Waals surface area contributed by atoms with Crippen molar-refractivity contribution in [3.8, 4) is 6.07 Å². The highest BCUT2D eigenvalue weighted by molar-refractivity contribution is 7.16. The van der Waals surface area contributed by atoms with Gasteiger partial charge in [0.25, 0.3) is 0 Å². The Bertz CT molecular complexity index is 1020. The van der Waals surface area contributed by atoms with Crippen molar-refractivity contribution >= 4 is 34.4 Å². The van der Waals surface area contributed by atoms with Crippen molar-refractivity contribution in [2.75, 3.05) is 25.0 Å². The predicted molar refractivity (Wildman–Crippen MR) is 119 cm³/mol. The summed E-state index contributed by atoms with van der Waals surface area (Å²) in [5.74, 6) is -0.0479. The number of hydrogen-bond acceptors (Lipinski definition) is 6. The maximum Gasteiger partial charge on any atom is 0.409 e. The average Bonchev–Trinajstić information content (AvgIpc) is 3.44. The first-order valence-corrected chi connectivity index (χ1v) is 11.3. The van der Waals surface area contributed by atoms with E-state index < -0.39 is 0 Å². The van der Waals surface area contributed by atoms with Crippen LogP contribution >= 0.6 is 11.3 Å². The number of aromatic nitrogens is 1. The maximum absolute atomic E-state index is 12.4. The van der Waals surface area contributed by atoms with Crippen LogP contribution in [-0.4, -0.2) is 41.6 Å². The molecule has 3 heterocycles. The van der Waals surface area contributed by atoms with E-state index in [1.165, 1.54) is 17.4 Å². The molecular formula is C23H24N4O3S. The Labute approximate surface area is 185 Å². The summed E-state index contributed by atoms with van der Waals surface area (Å²) in [5, 5.41) is 13.1. The van der Waals surface area contributed by atoms with Gasteiger partial charge in [0, 0.05) is 36.4 Å². The van der Waals surface area contributed by atoms with Gasteiger partial charge in [-0.2, -0.15) is 5.26 Å². The highest BCUT2D eigenvalue weighted by Gasteiger charge is 2.28. The van der Waals surface area contributed by atoms with E-state index in [4.69, 9.17) is 4.74 Å². The largest absolute Gasteiger partial charge is 0.449 e. The number of nitrogens with one attached hydrogen (secondary N) is 1. The van der Waals surface area contributed by atoms with Crippen molar-refractivity contribution in [3.63, 3.8) is 0 Å². The summed E-state index contributed by atoms with van der Waals surface area (Å²) in [4.78, 5) is 31.4. The zero-order valence-electron chi connectivity index (χ0n) is 17.2. The van der Waals surface area contributed by atoms with E-state index in [1.807, 2.05) is 6.07 Å². The number of nitrogens with zero attached hydrogens (tertiary/aromatic N) is 3. The first-order chi connectivity index (χ1) is 15.1. The summed E-state index contributed by atoms with van der Waals surface area (Å²) in [6, 6.07) is 5.92. The number of fused-ring (bicyclic) bond motifs is 1. The summed E-state index contributed by atoms with van der Waals surface area (Å²) in [7, 11) is 0. The first-order valence-electron chi connectivity index (χ1n) is 10.5. The minimum Gasteiger partial charge on any atom is -0.449 e. The molecule has 1 aliphatic carbocycles. The average molecular weight is 437 g/mol. The van der Waals surface area contributed by atoms with Crippen molar-refractivity contribution in [2.24, 2.45) is 5.92 Å². The van der Waals surface area contributed by atoms with E-state index in [1.54, 1.807) is 29.4 Å². The number of nitriles is 1. The lowest BCUT2D eigenvalue weighted by atomic mass is 9.88. The molecule has 1 saturated heterocycles. The fraction of sp³-hybridized carbons (Fsp3) is 0.391. The van der Waals surface area contributed by atoms with E-state index in [0.29, 0.717) is 17.2 Å². The standard InChI is InChI=1S/C23H24N4O3S/c24-13-19-18-7-5-17(15-30-23(29)27-10-1-2-11-27)12-20(18)31-22(19)26-21(28)8-6-16-4-3-9-25-14-16/h3-4,6,8-9,14,17H,1-2,5,7,10-12,15H2,(H,26,28)/b8-6+/t17-/m0/s1. The van der Waals surface area contributed by atoms with Crippen LogP contribution in [0.2, 0.25) is 0 Å². The second-order valence-corrected chi connectivity index (χ2v) is 8.91. The molecule has 1 aliphatic heterocycles. The van der Waals surface area contributed by atoms with Gasteiger partial charge >= 0.3 is 6.09 Å². The lowest BCUT2D eigenvalue weighted by Crippen LogP contribution is -2.30. The molecule has 2 amide bonds. The van der Waals surface area contributed by atoms with E-state index in [9.17, 15) is 14.9 Å². The minimum atomic E-state index is -0.282. The molecule has 4 rings (SSSR count). The van der Waals surface area contributed by atoms with E-state index in [-0.39, 0.29) is 17.9 Å². The zero-order chi connectivity index (χ0) is 21.6. The molecule has 0 unspecified atom stereocenters. The van der Waals surface area contributed by atoms with Gasteiger partial charge in [-0.1, -0.05) is 6.07 Å². The number of ether oxygens (including phenoxy) is 1. The fourth-order valence-corrected chi connectivity index (χ4v) is 5.30. The molecule has 1 atom stereocenters. The lowest BCUT2D eigenvalue weighted by molar-refractivity contribution is -0.111. The third-order valence-corrected chi connectivity index (χ3v) is 6.80. The molecule has 8 heteroatoms. The van der Waals surface area contributed by atoms with Gasteiger partial charge in [0.2, 0.25) is 5.91 Å².